The van der Waals surface area contributed by atoms with Crippen LogP contribution in [-0.2, 0) is 32.7 Å². The van der Waals surface area contributed by atoms with Gasteiger partial charge in [0.05, 0.1) is 6.61 Å². The summed E-state index contributed by atoms with van der Waals surface area (Å²) in [7, 11) is -5.11. The number of phosphoric ester groups is 1. The maximum absolute atomic E-state index is 12.8. The number of ether oxygens (including phenoxy) is 2. The minimum atomic E-state index is -5.11. The van der Waals surface area contributed by atoms with Crippen LogP contribution in [0.5, 0.6) is 0 Å². The van der Waals surface area contributed by atoms with E-state index in [0.717, 1.165) is 51.4 Å². The van der Waals surface area contributed by atoms with Gasteiger partial charge < -0.3 is 39.9 Å². The molecule has 0 aromatic rings. The molecule has 61 heavy (non-hydrogen) atoms. The molecule has 0 aromatic carbocycles. The van der Waals surface area contributed by atoms with E-state index in [1.54, 1.807) is 0 Å². The number of unbranched alkanes of at least 4 members (excludes halogenated alkanes) is 27. The third kappa shape index (κ3) is 30.4. The maximum Gasteiger partial charge on any atom is 0.472 e. The minimum Gasteiger partial charge on any atom is -0.462 e. The zero-order valence-electron chi connectivity index (χ0n) is 38.2. The van der Waals surface area contributed by atoms with Crippen LogP contribution in [-0.4, -0.2) is 98.3 Å². The van der Waals surface area contributed by atoms with Crippen molar-refractivity contribution >= 4 is 19.8 Å². The van der Waals surface area contributed by atoms with Crippen molar-refractivity contribution in [3.8, 4) is 0 Å². The van der Waals surface area contributed by atoms with Crippen molar-refractivity contribution in [2.24, 2.45) is 0 Å². The van der Waals surface area contributed by atoms with E-state index >= 15 is 0 Å². The fourth-order valence-corrected chi connectivity index (χ4v) is 8.61. The highest BCUT2D eigenvalue weighted by Crippen LogP contribution is 2.47. The fraction of sp³-hybridized carbons (Fsp3) is 0.915. The van der Waals surface area contributed by atoms with Crippen LogP contribution in [0.15, 0.2) is 12.2 Å². The molecular formula is C47H89O13P. The summed E-state index contributed by atoms with van der Waals surface area (Å²) in [6, 6.07) is 0. The van der Waals surface area contributed by atoms with Crippen LogP contribution in [0.1, 0.15) is 219 Å². The van der Waals surface area contributed by atoms with Crippen LogP contribution in [0.3, 0.4) is 0 Å². The molecule has 0 heterocycles. The van der Waals surface area contributed by atoms with E-state index in [-0.39, 0.29) is 12.8 Å². The quantitative estimate of drug-likeness (QED) is 0.0146. The molecule has 360 valence electrons. The van der Waals surface area contributed by atoms with Crippen molar-refractivity contribution in [2.75, 3.05) is 13.2 Å². The maximum atomic E-state index is 12.8. The second-order valence-corrected chi connectivity index (χ2v) is 18.7. The Morgan fingerprint density at radius 1 is 0.492 bits per heavy atom. The van der Waals surface area contributed by atoms with Crippen LogP contribution in [0.25, 0.3) is 0 Å². The molecule has 0 aliphatic heterocycles. The number of carbonyl (C=O) groups excluding carboxylic acids is 2. The van der Waals surface area contributed by atoms with Gasteiger partial charge in [-0.2, -0.15) is 0 Å². The lowest BCUT2D eigenvalue weighted by Gasteiger charge is -2.41. The second kappa shape index (κ2) is 37.9. The largest absolute Gasteiger partial charge is 0.472 e. The summed E-state index contributed by atoms with van der Waals surface area (Å²) in [5, 5.41) is 50.2. The van der Waals surface area contributed by atoms with Crippen LogP contribution in [0, 0.1) is 0 Å². The Hall–Kier alpha value is -1.41. The Kier molecular flexibility index (Phi) is 35.8. The summed E-state index contributed by atoms with van der Waals surface area (Å²) in [4.78, 5) is 35.7. The van der Waals surface area contributed by atoms with Gasteiger partial charge in [0.25, 0.3) is 0 Å². The summed E-state index contributed by atoms with van der Waals surface area (Å²) in [6.45, 7) is 3.32. The molecule has 13 nitrogen and oxygen atoms in total. The summed E-state index contributed by atoms with van der Waals surface area (Å²) < 4.78 is 33.6. The van der Waals surface area contributed by atoms with Crippen LogP contribution < -0.4 is 0 Å². The average Bonchev–Trinajstić information content (AvgIpc) is 3.24. The number of phosphoric acid groups is 1. The SMILES string of the molecule is CCCCCCCC/C=C/CCCCCCCCCC(=O)OC[C@@H](COP(=O)(O)OC1C(O)C(O)C(O)[C@H](O)C1O)OC(=O)CCCCCCCCCCCCCCCCC. The summed E-state index contributed by atoms with van der Waals surface area (Å²) in [6.07, 6.45) is 26.9. The van der Waals surface area contributed by atoms with Gasteiger partial charge in [0, 0.05) is 12.8 Å². The summed E-state index contributed by atoms with van der Waals surface area (Å²) >= 11 is 0. The van der Waals surface area contributed by atoms with Crippen molar-refractivity contribution in [3.63, 3.8) is 0 Å². The van der Waals surface area contributed by atoms with E-state index in [2.05, 4.69) is 26.0 Å². The third-order valence-electron chi connectivity index (χ3n) is 11.6. The van der Waals surface area contributed by atoms with Gasteiger partial charge in [-0.05, 0) is 38.5 Å². The average molecular weight is 893 g/mol. The summed E-state index contributed by atoms with van der Waals surface area (Å²) in [5.74, 6) is -1.09. The lowest BCUT2D eigenvalue weighted by atomic mass is 9.85. The Morgan fingerprint density at radius 3 is 1.25 bits per heavy atom. The molecule has 0 spiro atoms. The first-order valence-corrected chi connectivity index (χ1v) is 26.0. The normalized spacial score (nSPS) is 22.0. The molecule has 0 radical (unpaired) electrons. The van der Waals surface area contributed by atoms with Crippen molar-refractivity contribution in [2.45, 2.75) is 262 Å². The van der Waals surface area contributed by atoms with Gasteiger partial charge in [-0.1, -0.05) is 180 Å². The first-order valence-electron chi connectivity index (χ1n) is 24.5. The highest BCUT2D eigenvalue weighted by molar-refractivity contribution is 7.47. The number of hydrogen-bond acceptors (Lipinski definition) is 12. The van der Waals surface area contributed by atoms with E-state index in [4.69, 9.17) is 18.5 Å². The van der Waals surface area contributed by atoms with Gasteiger partial charge in [0.1, 0.15) is 43.2 Å². The zero-order valence-corrected chi connectivity index (χ0v) is 39.1. The van der Waals surface area contributed by atoms with Gasteiger partial charge in [-0.3, -0.25) is 18.6 Å². The Labute approximate surface area is 369 Å². The molecule has 1 rings (SSSR count). The van der Waals surface area contributed by atoms with Crippen molar-refractivity contribution in [3.05, 3.63) is 12.2 Å². The highest BCUT2D eigenvalue weighted by Gasteiger charge is 2.51. The second-order valence-electron chi connectivity index (χ2n) is 17.3. The fourth-order valence-electron chi connectivity index (χ4n) is 7.64. The van der Waals surface area contributed by atoms with Gasteiger partial charge >= 0.3 is 19.8 Å². The molecule has 0 aromatic heterocycles. The predicted octanol–water partition coefficient (Wildman–Crippen LogP) is 9.84. The molecule has 1 fully saturated rings. The topological polar surface area (TPSA) is 210 Å². The molecule has 8 atom stereocenters. The number of hydrogen-bond donors (Lipinski definition) is 6. The van der Waals surface area contributed by atoms with Crippen LogP contribution >= 0.6 is 7.82 Å². The molecule has 1 saturated carbocycles. The van der Waals surface area contributed by atoms with E-state index in [1.807, 2.05) is 0 Å². The van der Waals surface area contributed by atoms with Gasteiger partial charge in [-0.25, -0.2) is 4.57 Å². The number of esters is 2. The Balaban J connectivity index is 2.42. The molecular weight excluding hydrogens is 803 g/mol. The first kappa shape index (κ1) is 57.6. The Morgan fingerprint density at radius 2 is 0.836 bits per heavy atom. The van der Waals surface area contributed by atoms with Gasteiger partial charge in [0.2, 0.25) is 0 Å². The highest BCUT2D eigenvalue weighted by atomic mass is 31.2. The van der Waals surface area contributed by atoms with Crippen molar-refractivity contribution < 1.29 is 63.1 Å². The number of allylic oxidation sites excluding steroid dienone is 2. The molecule has 14 heteroatoms. The number of aliphatic hydroxyl groups is 5. The molecule has 0 amide bonds. The molecule has 0 saturated heterocycles. The summed E-state index contributed by atoms with van der Waals surface area (Å²) in [5.41, 5.74) is 0. The molecule has 6 unspecified atom stereocenters. The van der Waals surface area contributed by atoms with Gasteiger partial charge in [-0.15, -0.1) is 0 Å². The number of carbonyl (C=O) groups is 2. The Bertz CT molecular complexity index is 1120. The van der Waals surface area contributed by atoms with Crippen LogP contribution in [0.4, 0.5) is 0 Å². The smallest absolute Gasteiger partial charge is 0.462 e. The number of aliphatic hydroxyl groups excluding tert-OH is 5. The van der Waals surface area contributed by atoms with Crippen LogP contribution in [0.2, 0.25) is 0 Å². The molecule has 0 bridgehead atoms. The van der Waals surface area contributed by atoms with E-state index in [1.165, 1.54) is 128 Å². The third-order valence-corrected chi connectivity index (χ3v) is 12.6. The number of rotatable bonds is 41. The zero-order chi connectivity index (χ0) is 45.0. The van der Waals surface area contributed by atoms with Crippen molar-refractivity contribution in [1.82, 2.24) is 0 Å². The van der Waals surface area contributed by atoms with Gasteiger partial charge in [0.15, 0.2) is 6.10 Å². The molecule has 1 aliphatic rings. The lowest BCUT2D eigenvalue weighted by molar-refractivity contribution is -0.220. The van der Waals surface area contributed by atoms with Crippen molar-refractivity contribution in [1.29, 1.82) is 0 Å². The minimum absolute atomic E-state index is 0.102. The monoisotopic (exact) mass is 893 g/mol. The molecule has 6 N–H and O–H groups in total. The lowest BCUT2D eigenvalue weighted by Crippen LogP contribution is -2.64. The van der Waals surface area contributed by atoms with E-state index in [0.29, 0.717) is 12.8 Å². The standard InChI is InChI=1S/C47H89O13P/c1-3-5-7-9-11-13-15-17-19-20-22-23-25-27-29-31-33-35-40(48)57-37-39(38-58-61(55,56)60-47-45(53)43(51)42(50)44(52)46(47)54)59-41(49)36-34-32-30-28-26-24-21-18-16-14-12-10-8-6-4-2/h17,19,39,42-47,50-54H,3-16,18,20-38H2,1-2H3,(H,55,56)/b19-17+/t39-,42?,43-,44?,45?,46?,47?/m0/s1. The molecule has 1 aliphatic carbocycles. The predicted molar refractivity (Wildman–Crippen MR) is 240 cm³/mol. The van der Waals surface area contributed by atoms with E-state index in [9.17, 15) is 44.6 Å². The first-order chi connectivity index (χ1) is 29.4. The van der Waals surface area contributed by atoms with E-state index < -0.39 is 75.7 Å².